The van der Waals surface area contributed by atoms with Crippen LogP contribution in [-0.2, 0) is 0 Å². The largest absolute Gasteiger partial charge is 0.397 e. The average Bonchev–Trinajstić information content (AvgIpc) is 2.31. The van der Waals surface area contributed by atoms with Crippen LogP contribution in [0, 0.1) is 11.6 Å². The molecule has 0 aliphatic carbocycles. The van der Waals surface area contributed by atoms with Crippen molar-refractivity contribution in [2.75, 3.05) is 11.1 Å². The van der Waals surface area contributed by atoms with Crippen LogP contribution in [0.15, 0.2) is 39.3 Å². The van der Waals surface area contributed by atoms with Gasteiger partial charge >= 0.3 is 0 Å². The summed E-state index contributed by atoms with van der Waals surface area (Å²) in [7, 11) is 0. The highest BCUT2D eigenvalue weighted by molar-refractivity contribution is 9.10. The number of nitrogen functional groups attached to an aromatic ring is 1. The van der Waals surface area contributed by atoms with Crippen molar-refractivity contribution in [1.29, 1.82) is 0 Å². The van der Waals surface area contributed by atoms with Crippen molar-refractivity contribution >= 4 is 48.9 Å². The topological polar surface area (TPSA) is 38.0 Å². The molecule has 94 valence electrons. The minimum absolute atomic E-state index is 0.297. The maximum Gasteiger partial charge on any atom is 0.139 e. The van der Waals surface area contributed by atoms with Gasteiger partial charge in [-0.15, -0.1) is 0 Å². The predicted molar refractivity (Wildman–Crippen MR) is 75.9 cm³/mol. The van der Waals surface area contributed by atoms with Gasteiger partial charge in [0.05, 0.1) is 20.3 Å². The van der Waals surface area contributed by atoms with Crippen LogP contribution in [0.4, 0.5) is 25.8 Å². The highest BCUT2D eigenvalue weighted by atomic mass is 79.9. The standard InChI is InChI=1S/C12H8Br2F2N2/c13-7-3-6(1-2-9(7)15)18-12-5-10(16)8(14)4-11(12)17/h1-5,18H,17H2. The summed E-state index contributed by atoms with van der Waals surface area (Å²) in [5.41, 5.74) is 7.19. The molecule has 2 aromatic carbocycles. The Bertz CT molecular complexity index is 603. The van der Waals surface area contributed by atoms with Crippen LogP contribution in [0.5, 0.6) is 0 Å². The van der Waals surface area contributed by atoms with Crippen LogP contribution in [0.25, 0.3) is 0 Å². The lowest BCUT2D eigenvalue weighted by atomic mass is 10.2. The average molecular weight is 378 g/mol. The van der Waals surface area contributed by atoms with Gasteiger partial charge in [0.1, 0.15) is 11.6 Å². The van der Waals surface area contributed by atoms with Gasteiger partial charge in [-0.1, -0.05) is 0 Å². The summed E-state index contributed by atoms with van der Waals surface area (Å²) in [5, 5.41) is 2.93. The molecule has 3 N–H and O–H groups in total. The van der Waals surface area contributed by atoms with Crippen molar-refractivity contribution < 1.29 is 8.78 Å². The third kappa shape index (κ3) is 2.81. The van der Waals surface area contributed by atoms with E-state index in [2.05, 4.69) is 37.2 Å². The Balaban J connectivity index is 2.34. The molecule has 0 saturated carbocycles. The van der Waals surface area contributed by atoms with Gasteiger partial charge < -0.3 is 11.1 Å². The molecule has 0 aliphatic rings. The molecule has 0 aliphatic heterocycles. The Morgan fingerprint density at radius 3 is 2.28 bits per heavy atom. The zero-order chi connectivity index (χ0) is 13.3. The minimum atomic E-state index is -0.423. The fraction of sp³-hybridized carbons (Fsp3) is 0. The van der Waals surface area contributed by atoms with Gasteiger partial charge in [-0.2, -0.15) is 0 Å². The fourth-order valence-electron chi connectivity index (χ4n) is 1.40. The van der Waals surface area contributed by atoms with Crippen LogP contribution in [0.1, 0.15) is 0 Å². The quantitative estimate of drug-likeness (QED) is 0.736. The van der Waals surface area contributed by atoms with Crippen molar-refractivity contribution in [2.45, 2.75) is 0 Å². The third-order valence-corrected chi connectivity index (χ3v) is 3.51. The molecule has 0 amide bonds. The normalized spacial score (nSPS) is 10.4. The van der Waals surface area contributed by atoms with Gasteiger partial charge in [-0.25, -0.2) is 8.78 Å². The van der Waals surface area contributed by atoms with Crippen molar-refractivity contribution in [3.63, 3.8) is 0 Å². The fourth-order valence-corrected chi connectivity index (χ4v) is 2.14. The molecule has 2 aromatic rings. The van der Waals surface area contributed by atoms with Crippen molar-refractivity contribution in [1.82, 2.24) is 0 Å². The van der Waals surface area contributed by atoms with Crippen molar-refractivity contribution in [3.8, 4) is 0 Å². The Hall–Kier alpha value is -1.14. The molecule has 0 spiro atoms. The first kappa shape index (κ1) is 13.3. The van der Waals surface area contributed by atoms with Crippen LogP contribution in [0.3, 0.4) is 0 Å². The van der Waals surface area contributed by atoms with Crippen LogP contribution in [-0.4, -0.2) is 0 Å². The van der Waals surface area contributed by atoms with E-state index in [-0.39, 0.29) is 5.82 Å². The molecule has 2 nitrogen and oxygen atoms in total. The third-order valence-electron chi connectivity index (χ3n) is 2.29. The number of rotatable bonds is 2. The highest BCUT2D eigenvalue weighted by Gasteiger charge is 2.07. The Morgan fingerprint density at radius 2 is 1.61 bits per heavy atom. The van der Waals surface area contributed by atoms with Crippen LogP contribution >= 0.6 is 31.9 Å². The molecule has 18 heavy (non-hydrogen) atoms. The lowest BCUT2D eigenvalue weighted by Gasteiger charge is -2.11. The van der Waals surface area contributed by atoms with Gasteiger partial charge in [0.15, 0.2) is 0 Å². The molecule has 0 bridgehead atoms. The summed E-state index contributed by atoms with van der Waals surface area (Å²) >= 11 is 6.12. The molecule has 0 unspecified atom stereocenters. The molecule has 0 aromatic heterocycles. The molecule has 0 fully saturated rings. The van der Waals surface area contributed by atoms with Crippen molar-refractivity contribution in [2.24, 2.45) is 0 Å². The maximum atomic E-state index is 13.4. The Morgan fingerprint density at radius 1 is 0.944 bits per heavy atom. The monoisotopic (exact) mass is 376 g/mol. The first-order chi connectivity index (χ1) is 8.47. The van der Waals surface area contributed by atoms with E-state index in [9.17, 15) is 8.78 Å². The second-order valence-corrected chi connectivity index (χ2v) is 5.32. The van der Waals surface area contributed by atoms with E-state index in [1.165, 1.54) is 18.2 Å². The molecule has 6 heteroatoms. The SMILES string of the molecule is Nc1cc(Br)c(F)cc1Nc1ccc(F)c(Br)c1. The van der Waals surface area contributed by atoms with Gasteiger partial charge in [-0.05, 0) is 56.1 Å². The number of hydrogen-bond donors (Lipinski definition) is 2. The maximum absolute atomic E-state index is 13.4. The van der Waals surface area contributed by atoms with E-state index in [4.69, 9.17) is 5.73 Å². The number of benzene rings is 2. The minimum Gasteiger partial charge on any atom is -0.397 e. The summed E-state index contributed by atoms with van der Waals surface area (Å²) in [6.45, 7) is 0. The van der Waals surface area contributed by atoms with E-state index in [1.807, 2.05) is 0 Å². The predicted octanol–water partition coefficient (Wildman–Crippen LogP) is 4.82. The summed E-state index contributed by atoms with van der Waals surface area (Å²) < 4.78 is 27.1. The molecular formula is C12H8Br2F2N2. The van der Waals surface area contributed by atoms with Gasteiger partial charge in [-0.3, -0.25) is 0 Å². The smallest absolute Gasteiger partial charge is 0.139 e. The highest BCUT2D eigenvalue weighted by Crippen LogP contribution is 2.30. The molecular weight excluding hydrogens is 370 g/mol. The number of nitrogens with two attached hydrogens (primary N) is 1. The molecule has 0 atom stereocenters. The van der Waals surface area contributed by atoms with Gasteiger partial charge in [0, 0.05) is 11.8 Å². The van der Waals surface area contributed by atoms with E-state index in [0.29, 0.717) is 26.0 Å². The van der Waals surface area contributed by atoms with E-state index >= 15 is 0 Å². The van der Waals surface area contributed by atoms with Gasteiger partial charge in [0.2, 0.25) is 0 Å². The van der Waals surface area contributed by atoms with Crippen molar-refractivity contribution in [3.05, 3.63) is 50.9 Å². The number of hydrogen-bond acceptors (Lipinski definition) is 2. The molecule has 0 heterocycles. The lowest BCUT2D eigenvalue weighted by molar-refractivity contribution is 0.620. The second kappa shape index (κ2) is 5.24. The van der Waals surface area contributed by atoms with Crippen LogP contribution < -0.4 is 11.1 Å². The number of anilines is 3. The molecule has 0 radical (unpaired) electrons. The second-order valence-electron chi connectivity index (χ2n) is 3.61. The Kier molecular flexibility index (Phi) is 3.87. The van der Waals surface area contributed by atoms with E-state index in [0.717, 1.165) is 0 Å². The lowest BCUT2D eigenvalue weighted by Crippen LogP contribution is -1.98. The Labute approximate surface area is 119 Å². The zero-order valence-corrected chi connectivity index (χ0v) is 12.1. The van der Waals surface area contributed by atoms with Crippen LogP contribution in [0.2, 0.25) is 0 Å². The van der Waals surface area contributed by atoms with E-state index < -0.39 is 5.82 Å². The summed E-state index contributed by atoms with van der Waals surface area (Å²) in [6.07, 6.45) is 0. The summed E-state index contributed by atoms with van der Waals surface area (Å²) in [5.74, 6) is -0.789. The molecule has 2 rings (SSSR count). The van der Waals surface area contributed by atoms with Gasteiger partial charge in [0.25, 0.3) is 0 Å². The first-order valence-electron chi connectivity index (χ1n) is 4.94. The first-order valence-corrected chi connectivity index (χ1v) is 6.52. The number of halogens is 4. The zero-order valence-electron chi connectivity index (χ0n) is 8.98. The molecule has 0 saturated heterocycles. The summed E-state index contributed by atoms with van der Waals surface area (Å²) in [6, 6.07) is 7.14. The van der Waals surface area contributed by atoms with E-state index in [1.54, 1.807) is 12.1 Å². The number of nitrogens with one attached hydrogen (secondary N) is 1. The summed E-state index contributed by atoms with van der Waals surface area (Å²) in [4.78, 5) is 0.